The molecule has 0 aliphatic heterocycles. The zero-order chi connectivity index (χ0) is 7.84. The number of rotatable bonds is 0. The van der Waals surface area contributed by atoms with Gasteiger partial charge in [0, 0.05) is 11.6 Å². The summed E-state index contributed by atoms with van der Waals surface area (Å²) in [6.07, 6.45) is 1.78. The second-order valence-electron chi connectivity index (χ2n) is 2.24. The van der Waals surface area contributed by atoms with Gasteiger partial charge >= 0.3 is 0 Å². The van der Waals surface area contributed by atoms with Crippen LogP contribution in [0.3, 0.4) is 0 Å². The highest BCUT2D eigenvalue weighted by atomic mass is 35.5. The van der Waals surface area contributed by atoms with Crippen molar-refractivity contribution in [2.24, 2.45) is 0 Å². The highest BCUT2D eigenvalue weighted by Crippen LogP contribution is 2.27. The predicted octanol–water partition coefficient (Wildman–Crippen LogP) is 2.53. The van der Waals surface area contributed by atoms with Crippen molar-refractivity contribution in [3.63, 3.8) is 0 Å². The molecule has 2 rings (SSSR count). The monoisotopic (exact) mass is 184 g/mol. The van der Waals surface area contributed by atoms with Gasteiger partial charge in [0.25, 0.3) is 0 Å². The molecule has 0 atom stereocenters. The maximum absolute atomic E-state index is 5.80. The van der Waals surface area contributed by atoms with Gasteiger partial charge in [0.1, 0.15) is 0 Å². The first kappa shape index (κ1) is 6.88. The van der Waals surface area contributed by atoms with Crippen LogP contribution in [0, 0.1) is 0 Å². The van der Waals surface area contributed by atoms with Crippen molar-refractivity contribution in [1.29, 1.82) is 0 Å². The Balaban J connectivity index is 2.86. The van der Waals surface area contributed by atoms with Crippen LogP contribution in [0.15, 0.2) is 18.3 Å². The SMILES string of the molecule is Nc1cc2cnsc2cc1Cl. The van der Waals surface area contributed by atoms with E-state index < -0.39 is 0 Å². The summed E-state index contributed by atoms with van der Waals surface area (Å²) in [5, 5.41) is 1.65. The first-order valence-corrected chi connectivity index (χ1v) is 4.22. The highest BCUT2D eigenvalue weighted by Gasteiger charge is 2.00. The van der Waals surface area contributed by atoms with Crippen LogP contribution in [-0.4, -0.2) is 4.37 Å². The summed E-state index contributed by atoms with van der Waals surface area (Å²) in [5.74, 6) is 0. The second kappa shape index (κ2) is 2.36. The Morgan fingerprint density at radius 2 is 2.27 bits per heavy atom. The Kier molecular flexibility index (Phi) is 1.47. The average molecular weight is 185 g/mol. The van der Waals surface area contributed by atoms with Gasteiger partial charge in [-0.2, -0.15) is 4.37 Å². The molecule has 11 heavy (non-hydrogen) atoms. The molecule has 0 fully saturated rings. The van der Waals surface area contributed by atoms with E-state index in [0.29, 0.717) is 10.7 Å². The molecule has 1 aromatic carbocycles. The predicted molar refractivity (Wildman–Crippen MR) is 49.0 cm³/mol. The van der Waals surface area contributed by atoms with E-state index in [-0.39, 0.29) is 0 Å². The lowest BCUT2D eigenvalue weighted by molar-refractivity contribution is 1.60. The Bertz CT molecular complexity index is 360. The van der Waals surface area contributed by atoms with E-state index in [1.807, 2.05) is 12.1 Å². The molecule has 0 bridgehead atoms. The summed E-state index contributed by atoms with van der Waals surface area (Å²) >= 11 is 7.22. The van der Waals surface area contributed by atoms with Gasteiger partial charge in [0.05, 0.1) is 15.4 Å². The van der Waals surface area contributed by atoms with Crippen LogP contribution in [-0.2, 0) is 0 Å². The van der Waals surface area contributed by atoms with E-state index in [1.54, 1.807) is 6.20 Å². The fourth-order valence-electron chi connectivity index (χ4n) is 0.909. The first-order chi connectivity index (χ1) is 5.27. The highest BCUT2D eigenvalue weighted by molar-refractivity contribution is 7.13. The summed E-state index contributed by atoms with van der Waals surface area (Å²) in [5.41, 5.74) is 6.20. The third-order valence-corrected chi connectivity index (χ3v) is 2.56. The summed E-state index contributed by atoms with van der Waals surface area (Å²) in [4.78, 5) is 0. The van der Waals surface area contributed by atoms with Crippen LogP contribution in [0.2, 0.25) is 5.02 Å². The molecular weight excluding hydrogens is 180 g/mol. The minimum atomic E-state index is 0.599. The normalized spacial score (nSPS) is 10.6. The molecule has 0 saturated carbocycles. The van der Waals surface area contributed by atoms with E-state index in [2.05, 4.69) is 4.37 Å². The van der Waals surface area contributed by atoms with Crippen molar-refractivity contribution in [2.45, 2.75) is 0 Å². The van der Waals surface area contributed by atoms with Crippen molar-refractivity contribution in [3.05, 3.63) is 23.4 Å². The number of halogens is 1. The molecule has 1 heterocycles. The maximum Gasteiger partial charge on any atom is 0.0650 e. The Morgan fingerprint density at radius 3 is 3.09 bits per heavy atom. The number of benzene rings is 1. The van der Waals surface area contributed by atoms with Crippen LogP contribution < -0.4 is 5.73 Å². The Labute approximate surface area is 72.8 Å². The molecule has 1 aromatic heterocycles. The quantitative estimate of drug-likeness (QED) is 0.639. The van der Waals surface area contributed by atoms with Gasteiger partial charge in [-0.05, 0) is 23.7 Å². The molecule has 0 aliphatic carbocycles. The van der Waals surface area contributed by atoms with E-state index in [1.165, 1.54) is 11.5 Å². The number of fused-ring (bicyclic) bond motifs is 1. The van der Waals surface area contributed by atoms with Gasteiger partial charge in [0.15, 0.2) is 0 Å². The first-order valence-electron chi connectivity index (χ1n) is 3.07. The van der Waals surface area contributed by atoms with Crippen LogP contribution in [0.4, 0.5) is 5.69 Å². The molecule has 0 unspecified atom stereocenters. The van der Waals surface area contributed by atoms with Crippen LogP contribution in [0.5, 0.6) is 0 Å². The molecule has 0 radical (unpaired) electrons. The maximum atomic E-state index is 5.80. The zero-order valence-electron chi connectivity index (χ0n) is 5.54. The fraction of sp³-hybridized carbons (Fsp3) is 0. The minimum absolute atomic E-state index is 0.599. The molecule has 56 valence electrons. The number of hydrogen-bond donors (Lipinski definition) is 1. The fourth-order valence-corrected chi connectivity index (χ4v) is 1.81. The molecule has 2 aromatic rings. The van der Waals surface area contributed by atoms with Crippen molar-refractivity contribution in [3.8, 4) is 0 Å². The van der Waals surface area contributed by atoms with E-state index in [9.17, 15) is 0 Å². The lowest BCUT2D eigenvalue weighted by Crippen LogP contribution is -1.83. The van der Waals surface area contributed by atoms with Gasteiger partial charge in [-0.25, -0.2) is 0 Å². The van der Waals surface area contributed by atoms with Crippen LogP contribution in [0.1, 0.15) is 0 Å². The van der Waals surface area contributed by atoms with Gasteiger partial charge in [-0.15, -0.1) is 0 Å². The standard InChI is InChI=1S/C7H5ClN2S/c8-5-2-7-4(1-6(5)9)3-10-11-7/h1-3H,9H2. The molecule has 0 amide bonds. The molecule has 2 nitrogen and oxygen atoms in total. The number of nitrogens with zero attached hydrogens (tertiary/aromatic N) is 1. The Morgan fingerprint density at radius 1 is 1.45 bits per heavy atom. The van der Waals surface area contributed by atoms with Gasteiger partial charge < -0.3 is 5.73 Å². The topological polar surface area (TPSA) is 38.9 Å². The number of anilines is 1. The smallest absolute Gasteiger partial charge is 0.0650 e. The largest absolute Gasteiger partial charge is 0.398 e. The van der Waals surface area contributed by atoms with E-state index >= 15 is 0 Å². The summed E-state index contributed by atoms with van der Waals surface area (Å²) < 4.78 is 5.08. The average Bonchev–Trinajstić information content (AvgIpc) is 2.36. The number of hydrogen-bond acceptors (Lipinski definition) is 3. The minimum Gasteiger partial charge on any atom is -0.398 e. The molecular formula is C7H5ClN2S. The Hall–Kier alpha value is -0.800. The summed E-state index contributed by atoms with van der Waals surface area (Å²) in [7, 11) is 0. The second-order valence-corrected chi connectivity index (χ2v) is 3.48. The lowest BCUT2D eigenvalue weighted by atomic mass is 10.2. The molecule has 0 spiro atoms. The summed E-state index contributed by atoms with van der Waals surface area (Å²) in [6.45, 7) is 0. The van der Waals surface area contributed by atoms with Crippen LogP contribution in [0.25, 0.3) is 10.1 Å². The number of nitrogens with two attached hydrogens (primary N) is 1. The third-order valence-electron chi connectivity index (χ3n) is 1.47. The molecule has 4 heteroatoms. The molecule has 0 saturated heterocycles. The van der Waals surface area contributed by atoms with Gasteiger partial charge in [-0.1, -0.05) is 11.6 Å². The van der Waals surface area contributed by atoms with E-state index in [4.69, 9.17) is 17.3 Å². The zero-order valence-corrected chi connectivity index (χ0v) is 7.12. The number of aromatic nitrogens is 1. The van der Waals surface area contributed by atoms with E-state index in [0.717, 1.165) is 10.1 Å². The molecule has 0 aliphatic rings. The third kappa shape index (κ3) is 1.06. The van der Waals surface area contributed by atoms with Crippen molar-refractivity contribution in [1.82, 2.24) is 4.37 Å². The van der Waals surface area contributed by atoms with Crippen molar-refractivity contribution < 1.29 is 0 Å². The van der Waals surface area contributed by atoms with Crippen LogP contribution >= 0.6 is 23.1 Å². The molecule has 2 N–H and O–H groups in total. The van der Waals surface area contributed by atoms with Crippen molar-refractivity contribution in [2.75, 3.05) is 5.73 Å². The summed E-state index contributed by atoms with van der Waals surface area (Å²) in [6, 6.07) is 3.67. The van der Waals surface area contributed by atoms with Gasteiger partial charge in [0.2, 0.25) is 0 Å². The van der Waals surface area contributed by atoms with Crippen molar-refractivity contribution >= 4 is 38.9 Å². The number of nitrogen functional groups attached to an aromatic ring is 1. The lowest BCUT2D eigenvalue weighted by Gasteiger charge is -1.95. The van der Waals surface area contributed by atoms with Gasteiger partial charge in [-0.3, -0.25) is 0 Å².